The summed E-state index contributed by atoms with van der Waals surface area (Å²) in [6.45, 7) is 14.3. The molecule has 0 atom stereocenters. The minimum absolute atomic E-state index is 0.246. The Morgan fingerprint density at radius 2 is 1.77 bits per heavy atom. The molecule has 1 aliphatic rings. The fraction of sp³-hybridized carbons (Fsp3) is 0.407. The number of hydrogen-bond acceptors (Lipinski definition) is 4. The van der Waals surface area contributed by atoms with Crippen LogP contribution in [-0.4, -0.2) is 19.3 Å². The van der Waals surface area contributed by atoms with Crippen molar-refractivity contribution in [2.75, 3.05) is 14.2 Å². The summed E-state index contributed by atoms with van der Waals surface area (Å²) in [5, 5.41) is 13.8. The first-order valence-electron chi connectivity index (χ1n) is 11.2. The molecule has 3 rings (SSSR count). The zero-order chi connectivity index (χ0) is 23.6. The Balaban J connectivity index is 0.000000884. The maximum atomic E-state index is 10.5. The maximum Gasteiger partial charge on any atom is 0.124 e. The molecule has 31 heavy (non-hydrogen) atoms. The van der Waals surface area contributed by atoms with Crippen molar-refractivity contribution < 1.29 is 9.84 Å². The average molecular weight is 442 g/mol. The highest BCUT2D eigenvalue weighted by molar-refractivity contribution is 7.85. The predicted octanol–water partition coefficient (Wildman–Crippen LogP) is 7.56. The van der Waals surface area contributed by atoms with Crippen molar-refractivity contribution in [3.05, 3.63) is 70.1 Å². The highest BCUT2D eigenvalue weighted by Crippen LogP contribution is 2.43. The summed E-state index contributed by atoms with van der Waals surface area (Å²) in [6.07, 6.45) is 3.68. The van der Waals surface area contributed by atoms with E-state index in [1.165, 1.54) is 24.8 Å². The van der Waals surface area contributed by atoms with E-state index in [1.807, 2.05) is 46.0 Å². The number of phenols is 1. The minimum atomic E-state index is 0.246. The van der Waals surface area contributed by atoms with Gasteiger partial charge in [0.25, 0.3) is 0 Å². The van der Waals surface area contributed by atoms with E-state index in [-0.39, 0.29) is 5.75 Å². The number of aryl methyl sites for hydroxylation is 1. The van der Waals surface area contributed by atoms with E-state index in [1.54, 1.807) is 13.2 Å². The van der Waals surface area contributed by atoms with Crippen LogP contribution in [0.5, 0.6) is 11.5 Å². The second kappa shape index (κ2) is 13.2. The Bertz CT molecular complexity index is 898. The van der Waals surface area contributed by atoms with Crippen molar-refractivity contribution in [3.63, 3.8) is 0 Å². The van der Waals surface area contributed by atoms with Crippen LogP contribution in [-0.2, 0) is 0 Å². The van der Waals surface area contributed by atoms with Gasteiger partial charge in [0.2, 0.25) is 0 Å². The molecular weight excluding hydrogens is 402 g/mol. The molecule has 0 heterocycles. The first-order chi connectivity index (χ1) is 14.9. The summed E-state index contributed by atoms with van der Waals surface area (Å²) >= 11 is 4.54. The lowest BCUT2D eigenvalue weighted by molar-refractivity contribution is 0.411. The monoisotopic (exact) mass is 441 g/mol. The molecule has 0 bridgehead atoms. The van der Waals surface area contributed by atoms with Crippen LogP contribution in [0.2, 0.25) is 0 Å². The number of hydrogen-bond donors (Lipinski definition) is 3. The van der Waals surface area contributed by atoms with Gasteiger partial charge in [-0.3, -0.25) is 0 Å². The molecule has 170 valence electrons. The van der Waals surface area contributed by atoms with E-state index in [4.69, 9.17) is 4.74 Å². The van der Waals surface area contributed by atoms with Gasteiger partial charge in [0, 0.05) is 23.1 Å². The number of rotatable bonds is 6. The topological polar surface area (TPSA) is 41.5 Å². The standard InChI is InChI=1S/C22H25NO2S.C3H8.C2H6/c1-13-11-17(8-10-20(13)25-4)21(14(2)26)22(23-3)18-12-16(15-5-6-15)7-9-19(18)24;1-3-2;1-2/h7-12,15,23-24,26H,2,5-6H2,1,3-4H3;3H2,1-2H3;1-2H3/b22-21+;;. The van der Waals surface area contributed by atoms with Crippen LogP contribution < -0.4 is 10.1 Å². The van der Waals surface area contributed by atoms with Crippen molar-refractivity contribution in [1.29, 1.82) is 0 Å². The normalized spacial score (nSPS) is 13.0. The lowest BCUT2D eigenvalue weighted by Crippen LogP contribution is -2.09. The van der Waals surface area contributed by atoms with E-state index in [9.17, 15) is 5.11 Å². The highest BCUT2D eigenvalue weighted by atomic mass is 32.1. The Labute approximate surface area is 194 Å². The summed E-state index contributed by atoms with van der Waals surface area (Å²) in [6, 6.07) is 11.8. The third kappa shape index (κ3) is 7.10. The third-order valence-electron chi connectivity index (χ3n) is 4.81. The van der Waals surface area contributed by atoms with Crippen molar-refractivity contribution in [1.82, 2.24) is 5.32 Å². The number of allylic oxidation sites excluding steroid dienone is 1. The molecule has 0 aliphatic heterocycles. The van der Waals surface area contributed by atoms with Crippen molar-refractivity contribution >= 4 is 23.9 Å². The molecule has 0 saturated heterocycles. The summed E-state index contributed by atoms with van der Waals surface area (Å²) in [7, 11) is 3.52. The second-order valence-corrected chi connectivity index (χ2v) is 7.93. The van der Waals surface area contributed by atoms with Gasteiger partial charge in [-0.2, -0.15) is 0 Å². The van der Waals surface area contributed by atoms with Crippen molar-refractivity contribution in [2.24, 2.45) is 0 Å². The van der Waals surface area contributed by atoms with Gasteiger partial charge >= 0.3 is 0 Å². The van der Waals surface area contributed by atoms with Crippen LogP contribution >= 0.6 is 12.6 Å². The zero-order valence-corrected chi connectivity index (χ0v) is 21.1. The molecule has 0 radical (unpaired) electrons. The molecule has 0 spiro atoms. The number of thiol groups is 1. The zero-order valence-electron chi connectivity index (χ0n) is 20.2. The molecule has 0 aromatic heterocycles. The van der Waals surface area contributed by atoms with Crippen LogP contribution in [0.4, 0.5) is 0 Å². The first-order valence-corrected chi connectivity index (χ1v) is 11.6. The van der Waals surface area contributed by atoms with Crippen LogP contribution in [0.15, 0.2) is 47.9 Å². The van der Waals surface area contributed by atoms with Crippen LogP contribution in [0.3, 0.4) is 0 Å². The Kier molecular flexibility index (Phi) is 11.3. The maximum absolute atomic E-state index is 10.5. The van der Waals surface area contributed by atoms with E-state index in [0.29, 0.717) is 10.8 Å². The average Bonchev–Trinajstić information content (AvgIpc) is 3.60. The minimum Gasteiger partial charge on any atom is -0.507 e. The van der Waals surface area contributed by atoms with Gasteiger partial charge in [-0.1, -0.05) is 52.8 Å². The molecular formula is C27H39NO2S. The Hall–Kier alpha value is -2.33. The largest absolute Gasteiger partial charge is 0.507 e. The molecule has 1 aliphatic carbocycles. The predicted molar refractivity (Wildman–Crippen MR) is 139 cm³/mol. The van der Waals surface area contributed by atoms with Crippen LogP contribution in [0.1, 0.15) is 75.1 Å². The number of ether oxygens (including phenoxy) is 1. The molecule has 2 N–H and O–H groups in total. The molecule has 2 aromatic carbocycles. The van der Waals surface area contributed by atoms with Gasteiger partial charge in [-0.25, -0.2) is 0 Å². The fourth-order valence-corrected chi connectivity index (χ4v) is 3.55. The fourth-order valence-electron chi connectivity index (χ4n) is 3.31. The summed E-state index contributed by atoms with van der Waals surface area (Å²) < 4.78 is 5.37. The number of methoxy groups -OCH3 is 1. The van der Waals surface area contributed by atoms with Gasteiger partial charge in [0.1, 0.15) is 11.5 Å². The third-order valence-corrected chi connectivity index (χ3v) is 5.03. The molecule has 4 heteroatoms. The smallest absolute Gasteiger partial charge is 0.124 e. The van der Waals surface area contributed by atoms with Crippen LogP contribution in [0, 0.1) is 6.92 Å². The summed E-state index contributed by atoms with van der Waals surface area (Å²) in [5.74, 6) is 1.69. The van der Waals surface area contributed by atoms with E-state index >= 15 is 0 Å². The molecule has 2 aromatic rings. The van der Waals surface area contributed by atoms with Crippen molar-refractivity contribution in [2.45, 2.75) is 59.8 Å². The van der Waals surface area contributed by atoms with Gasteiger partial charge in [-0.15, -0.1) is 12.6 Å². The number of phenolic OH excluding ortho intramolecular Hbond substituents is 1. The van der Waals surface area contributed by atoms with Gasteiger partial charge in [-0.05, 0) is 66.6 Å². The number of nitrogens with one attached hydrogen (secondary N) is 1. The second-order valence-electron chi connectivity index (χ2n) is 7.39. The molecule has 1 fully saturated rings. The Morgan fingerprint density at radius 3 is 2.23 bits per heavy atom. The van der Waals surface area contributed by atoms with Crippen LogP contribution in [0.25, 0.3) is 11.3 Å². The SMILES string of the molecule is C=C(S)/C(=C(\NC)c1cc(C2CC2)ccc1O)c1ccc(OC)c(C)c1.CC.CCC. The van der Waals surface area contributed by atoms with E-state index in [2.05, 4.69) is 50.5 Å². The van der Waals surface area contributed by atoms with Crippen molar-refractivity contribution in [3.8, 4) is 11.5 Å². The quantitative estimate of drug-likeness (QED) is 0.246. The van der Waals surface area contributed by atoms with E-state index in [0.717, 1.165) is 33.7 Å². The number of benzene rings is 2. The molecule has 1 saturated carbocycles. The molecule has 0 unspecified atom stereocenters. The van der Waals surface area contributed by atoms with Gasteiger partial charge < -0.3 is 15.2 Å². The van der Waals surface area contributed by atoms with E-state index < -0.39 is 0 Å². The summed E-state index contributed by atoms with van der Waals surface area (Å²) in [5.41, 5.74) is 5.72. The highest BCUT2D eigenvalue weighted by Gasteiger charge is 2.25. The number of aromatic hydroxyl groups is 1. The lowest BCUT2D eigenvalue weighted by atomic mass is 9.95. The summed E-state index contributed by atoms with van der Waals surface area (Å²) in [4.78, 5) is 0.634. The van der Waals surface area contributed by atoms with Gasteiger partial charge in [0.05, 0.1) is 12.8 Å². The molecule has 3 nitrogen and oxygen atoms in total. The Morgan fingerprint density at radius 1 is 1.16 bits per heavy atom. The van der Waals surface area contributed by atoms with Gasteiger partial charge in [0.15, 0.2) is 0 Å². The first kappa shape index (κ1) is 26.7. The lowest BCUT2D eigenvalue weighted by Gasteiger charge is -2.18. The molecule has 0 amide bonds.